The van der Waals surface area contributed by atoms with Gasteiger partial charge in [-0.2, -0.15) is 0 Å². The molecule has 0 amide bonds. The van der Waals surface area contributed by atoms with Gasteiger partial charge in [0.15, 0.2) is 7.29 Å². The molecule has 0 saturated carbocycles. The molecule has 1 unspecified atom stereocenters. The van der Waals surface area contributed by atoms with Gasteiger partial charge in [-0.05, 0) is 32.4 Å². The van der Waals surface area contributed by atoms with Crippen molar-refractivity contribution >= 4 is 12.6 Å². The van der Waals surface area contributed by atoms with Crippen molar-refractivity contribution in [1.29, 1.82) is 0 Å². The van der Waals surface area contributed by atoms with E-state index in [2.05, 4.69) is 5.09 Å². The first kappa shape index (κ1) is 11.5. The smallest absolute Gasteiger partial charge is 0.173 e. The standard InChI is InChI=1S/C11H18NOP/c1-9(2)12-14(4,13)11-8-6-5-7-10(11)3/h5-9H,1-4H3,(H,12,13). The maximum Gasteiger partial charge on any atom is 0.173 e. The number of hydrogen-bond acceptors (Lipinski definition) is 1. The van der Waals surface area contributed by atoms with Crippen molar-refractivity contribution in [2.24, 2.45) is 0 Å². The predicted molar refractivity (Wildman–Crippen MR) is 62.6 cm³/mol. The van der Waals surface area contributed by atoms with Crippen LogP contribution in [-0.2, 0) is 4.57 Å². The van der Waals surface area contributed by atoms with Gasteiger partial charge >= 0.3 is 0 Å². The van der Waals surface area contributed by atoms with Crippen molar-refractivity contribution in [2.75, 3.05) is 6.66 Å². The zero-order valence-electron chi connectivity index (χ0n) is 9.24. The average molecular weight is 211 g/mol. The van der Waals surface area contributed by atoms with E-state index in [1.807, 2.05) is 45.0 Å². The minimum absolute atomic E-state index is 0.241. The van der Waals surface area contributed by atoms with Crippen LogP contribution in [0.5, 0.6) is 0 Å². The fourth-order valence-corrected chi connectivity index (χ4v) is 3.85. The van der Waals surface area contributed by atoms with Crippen LogP contribution in [0.4, 0.5) is 0 Å². The molecule has 1 aromatic rings. The Morgan fingerprint density at radius 3 is 2.36 bits per heavy atom. The van der Waals surface area contributed by atoms with Crippen molar-refractivity contribution in [1.82, 2.24) is 5.09 Å². The number of rotatable bonds is 3. The third-order valence-corrected chi connectivity index (χ3v) is 4.51. The summed E-state index contributed by atoms with van der Waals surface area (Å²) < 4.78 is 12.3. The monoisotopic (exact) mass is 211 g/mol. The van der Waals surface area contributed by atoms with Crippen LogP contribution in [0.3, 0.4) is 0 Å². The van der Waals surface area contributed by atoms with Gasteiger partial charge in [-0.3, -0.25) is 5.09 Å². The van der Waals surface area contributed by atoms with E-state index in [1.54, 1.807) is 6.66 Å². The second-order valence-corrected chi connectivity index (χ2v) is 6.58. The molecule has 0 heterocycles. The summed E-state index contributed by atoms with van der Waals surface area (Å²) in [6.45, 7) is 7.80. The van der Waals surface area contributed by atoms with Crippen LogP contribution in [0.2, 0.25) is 0 Å². The molecule has 1 rings (SSSR count). The van der Waals surface area contributed by atoms with E-state index in [0.717, 1.165) is 10.9 Å². The molecule has 0 aromatic heterocycles. The van der Waals surface area contributed by atoms with E-state index in [0.29, 0.717) is 0 Å². The predicted octanol–water partition coefficient (Wildman–Crippen LogP) is 2.53. The molecule has 2 nitrogen and oxygen atoms in total. The Balaban J connectivity index is 3.04. The highest BCUT2D eigenvalue weighted by molar-refractivity contribution is 7.69. The molecule has 0 saturated heterocycles. The van der Waals surface area contributed by atoms with E-state index < -0.39 is 7.29 Å². The summed E-state index contributed by atoms with van der Waals surface area (Å²) >= 11 is 0. The molecule has 0 fully saturated rings. The van der Waals surface area contributed by atoms with E-state index in [9.17, 15) is 4.57 Å². The summed E-state index contributed by atoms with van der Waals surface area (Å²) in [5, 5.41) is 4.07. The van der Waals surface area contributed by atoms with Crippen molar-refractivity contribution in [2.45, 2.75) is 26.8 Å². The molecule has 1 N–H and O–H groups in total. The topological polar surface area (TPSA) is 29.1 Å². The minimum Gasteiger partial charge on any atom is -0.302 e. The lowest BCUT2D eigenvalue weighted by atomic mass is 10.2. The molecule has 0 spiro atoms. The molecule has 14 heavy (non-hydrogen) atoms. The number of benzene rings is 1. The summed E-state index contributed by atoms with van der Waals surface area (Å²) in [5.41, 5.74) is 1.09. The molecule has 78 valence electrons. The highest BCUT2D eigenvalue weighted by atomic mass is 31.2. The quantitative estimate of drug-likeness (QED) is 0.778. The van der Waals surface area contributed by atoms with Crippen LogP contribution in [0.25, 0.3) is 0 Å². The van der Waals surface area contributed by atoms with Crippen LogP contribution in [0.15, 0.2) is 24.3 Å². The van der Waals surface area contributed by atoms with E-state index in [1.165, 1.54) is 0 Å². The van der Waals surface area contributed by atoms with Crippen molar-refractivity contribution in [3.63, 3.8) is 0 Å². The molecular weight excluding hydrogens is 193 g/mol. The van der Waals surface area contributed by atoms with E-state index in [-0.39, 0.29) is 6.04 Å². The molecule has 3 heteroatoms. The first-order valence-electron chi connectivity index (χ1n) is 4.85. The normalized spacial score (nSPS) is 15.5. The fourth-order valence-electron chi connectivity index (χ4n) is 1.60. The largest absolute Gasteiger partial charge is 0.302 e. The van der Waals surface area contributed by atoms with Crippen LogP contribution >= 0.6 is 7.29 Å². The van der Waals surface area contributed by atoms with Gasteiger partial charge in [0.05, 0.1) is 0 Å². The molecule has 0 radical (unpaired) electrons. The van der Waals surface area contributed by atoms with Gasteiger partial charge in [-0.1, -0.05) is 18.2 Å². The average Bonchev–Trinajstić information content (AvgIpc) is 2.02. The van der Waals surface area contributed by atoms with Gasteiger partial charge in [0.25, 0.3) is 0 Å². The molecular formula is C11H18NOP. The van der Waals surface area contributed by atoms with E-state index in [4.69, 9.17) is 0 Å². The fraction of sp³-hybridized carbons (Fsp3) is 0.455. The highest BCUT2D eigenvalue weighted by Crippen LogP contribution is 2.36. The number of aryl methyl sites for hydroxylation is 1. The van der Waals surface area contributed by atoms with Crippen molar-refractivity contribution in [3.05, 3.63) is 29.8 Å². The summed E-state index contributed by atoms with van der Waals surface area (Å²) in [7, 11) is -2.39. The number of nitrogens with one attached hydrogen (secondary N) is 1. The minimum atomic E-state index is -2.39. The lowest BCUT2D eigenvalue weighted by Crippen LogP contribution is -2.26. The SMILES string of the molecule is Cc1ccccc1P(C)(=O)NC(C)C. The molecule has 0 aliphatic carbocycles. The first-order valence-corrected chi connectivity index (χ1v) is 7.00. The summed E-state index contributed by atoms with van der Waals surface area (Å²) in [6.07, 6.45) is 0. The second-order valence-electron chi connectivity index (χ2n) is 3.99. The Kier molecular flexibility index (Phi) is 3.52. The second kappa shape index (κ2) is 4.29. The maximum atomic E-state index is 12.3. The maximum absolute atomic E-state index is 12.3. The zero-order chi connectivity index (χ0) is 10.8. The Bertz CT molecular complexity index is 360. The van der Waals surface area contributed by atoms with E-state index >= 15 is 0 Å². The lowest BCUT2D eigenvalue weighted by Gasteiger charge is -2.19. The zero-order valence-corrected chi connectivity index (χ0v) is 10.1. The van der Waals surface area contributed by atoms with Crippen LogP contribution in [0, 0.1) is 6.92 Å². The lowest BCUT2D eigenvalue weighted by molar-refractivity contribution is 0.567. The van der Waals surface area contributed by atoms with Crippen LogP contribution < -0.4 is 10.4 Å². The third-order valence-electron chi connectivity index (χ3n) is 2.08. The molecule has 1 atom stereocenters. The number of hydrogen-bond donors (Lipinski definition) is 1. The van der Waals surface area contributed by atoms with Crippen molar-refractivity contribution in [3.8, 4) is 0 Å². The van der Waals surface area contributed by atoms with Gasteiger partial charge in [0.2, 0.25) is 0 Å². The van der Waals surface area contributed by atoms with Crippen LogP contribution in [-0.4, -0.2) is 12.7 Å². The van der Waals surface area contributed by atoms with Gasteiger partial charge in [0, 0.05) is 18.0 Å². The summed E-state index contributed by atoms with van der Waals surface area (Å²) in [6, 6.07) is 8.07. The van der Waals surface area contributed by atoms with Gasteiger partial charge in [0.1, 0.15) is 0 Å². The molecule has 0 aliphatic rings. The Morgan fingerprint density at radius 1 is 1.29 bits per heavy atom. The molecule has 0 bridgehead atoms. The van der Waals surface area contributed by atoms with Gasteiger partial charge < -0.3 is 4.57 Å². The Labute approximate surface area is 86.2 Å². The Hall–Kier alpha value is -0.590. The summed E-state index contributed by atoms with van der Waals surface area (Å²) in [4.78, 5) is 0. The Morgan fingerprint density at radius 2 is 1.86 bits per heavy atom. The van der Waals surface area contributed by atoms with Gasteiger partial charge in [-0.25, -0.2) is 0 Å². The van der Waals surface area contributed by atoms with Gasteiger partial charge in [-0.15, -0.1) is 0 Å². The van der Waals surface area contributed by atoms with Crippen molar-refractivity contribution < 1.29 is 4.57 Å². The third kappa shape index (κ3) is 2.70. The molecule has 0 aliphatic heterocycles. The van der Waals surface area contributed by atoms with Crippen LogP contribution in [0.1, 0.15) is 19.4 Å². The first-order chi connectivity index (χ1) is 6.43. The molecule has 1 aromatic carbocycles. The summed E-state index contributed by atoms with van der Waals surface area (Å²) in [5.74, 6) is 0. The highest BCUT2D eigenvalue weighted by Gasteiger charge is 2.20.